The zero-order valence-electron chi connectivity index (χ0n) is 15.7. The minimum absolute atomic E-state index is 0.0855. The van der Waals surface area contributed by atoms with Crippen LogP contribution in [0.1, 0.15) is 21.5 Å². The van der Waals surface area contributed by atoms with Crippen molar-refractivity contribution in [3.05, 3.63) is 86.7 Å². The fraction of sp³-hybridized carbons (Fsp3) is 0.200. The summed E-state index contributed by atoms with van der Waals surface area (Å²) in [5.74, 6) is -0.0419. The van der Waals surface area contributed by atoms with Crippen molar-refractivity contribution in [2.24, 2.45) is 0 Å². The van der Waals surface area contributed by atoms with E-state index in [9.17, 15) is 14.9 Å². The Labute approximate surface area is 172 Å². The molecule has 0 aliphatic carbocycles. The SMILES string of the molecule is Cc1ccc(OCc2cccc(C(=O)NCCn3cc(Cl)cn3)c2)c([N+](=O)[O-])c1. The van der Waals surface area contributed by atoms with Crippen molar-refractivity contribution in [1.82, 2.24) is 15.1 Å². The van der Waals surface area contributed by atoms with Gasteiger partial charge in [0.25, 0.3) is 5.91 Å². The summed E-state index contributed by atoms with van der Waals surface area (Å²) < 4.78 is 7.26. The molecule has 29 heavy (non-hydrogen) atoms. The third kappa shape index (κ3) is 5.55. The molecular formula is C20H19ClN4O4. The van der Waals surface area contributed by atoms with Gasteiger partial charge in [-0.3, -0.25) is 19.6 Å². The number of nitrogens with one attached hydrogen (secondary N) is 1. The zero-order valence-corrected chi connectivity index (χ0v) is 16.4. The summed E-state index contributed by atoms with van der Waals surface area (Å²) in [7, 11) is 0. The van der Waals surface area contributed by atoms with Crippen LogP contribution in [0.3, 0.4) is 0 Å². The maximum absolute atomic E-state index is 12.4. The lowest BCUT2D eigenvalue weighted by molar-refractivity contribution is -0.386. The number of hydrogen-bond donors (Lipinski definition) is 1. The average molecular weight is 415 g/mol. The minimum atomic E-state index is -0.473. The van der Waals surface area contributed by atoms with Crippen molar-refractivity contribution in [1.29, 1.82) is 0 Å². The molecule has 1 aromatic heterocycles. The number of aryl methyl sites for hydroxylation is 1. The fourth-order valence-electron chi connectivity index (χ4n) is 2.70. The predicted octanol–water partition coefficient (Wildman–Crippen LogP) is 3.76. The highest BCUT2D eigenvalue weighted by Gasteiger charge is 2.15. The van der Waals surface area contributed by atoms with Crippen LogP contribution in [0.25, 0.3) is 0 Å². The molecule has 0 atom stereocenters. The number of amides is 1. The smallest absolute Gasteiger partial charge is 0.311 e. The summed E-state index contributed by atoms with van der Waals surface area (Å²) >= 11 is 5.80. The van der Waals surface area contributed by atoms with E-state index in [1.54, 1.807) is 54.2 Å². The number of hydrogen-bond acceptors (Lipinski definition) is 5. The van der Waals surface area contributed by atoms with Crippen LogP contribution in [-0.4, -0.2) is 27.2 Å². The van der Waals surface area contributed by atoms with Gasteiger partial charge in [-0.25, -0.2) is 0 Å². The van der Waals surface area contributed by atoms with Crippen LogP contribution in [0.4, 0.5) is 5.69 Å². The van der Waals surface area contributed by atoms with Crippen LogP contribution < -0.4 is 10.1 Å². The molecule has 0 aliphatic heterocycles. The van der Waals surface area contributed by atoms with Gasteiger partial charge in [0.15, 0.2) is 5.75 Å². The molecule has 150 valence electrons. The second kappa shape index (κ2) is 9.20. The van der Waals surface area contributed by atoms with Gasteiger partial charge in [0.05, 0.1) is 22.7 Å². The van der Waals surface area contributed by atoms with Gasteiger partial charge >= 0.3 is 5.69 Å². The van der Waals surface area contributed by atoms with E-state index < -0.39 is 4.92 Å². The quantitative estimate of drug-likeness (QED) is 0.447. The standard InChI is InChI=1S/C20H19ClN4O4/c1-14-5-6-19(18(9-14)25(27)28)29-13-15-3-2-4-16(10-15)20(26)22-7-8-24-12-17(21)11-23-24/h2-6,9-12H,7-8,13H2,1H3,(H,22,26). The van der Waals surface area contributed by atoms with Crippen molar-refractivity contribution in [2.75, 3.05) is 6.54 Å². The molecule has 0 saturated carbocycles. The van der Waals surface area contributed by atoms with Gasteiger partial charge in [-0.05, 0) is 36.2 Å². The van der Waals surface area contributed by atoms with Crippen LogP contribution >= 0.6 is 11.6 Å². The maximum Gasteiger partial charge on any atom is 0.311 e. The molecule has 1 N–H and O–H groups in total. The Kier molecular flexibility index (Phi) is 6.46. The minimum Gasteiger partial charge on any atom is -0.482 e. The average Bonchev–Trinajstić information content (AvgIpc) is 3.12. The summed E-state index contributed by atoms with van der Waals surface area (Å²) in [6.45, 7) is 2.78. The number of nitrogens with zero attached hydrogens (tertiary/aromatic N) is 3. The van der Waals surface area contributed by atoms with Crippen LogP contribution in [0.15, 0.2) is 54.9 Å². The normalized spacial score (nSPS) is 10.6. The fourth-order valence-corrected chi connectivity index (χ4v) is 2.86. The first-order valence-corrected chi connectivity index (χ1v) is 9.23. The number of halogens is 1. The highest BCUT2D eigenvalue weighted by atomic mass is 35.5. The molecule has 9 heteroatoms. The molecule has 1 heterocycles. The summed E-state index contributed by atoms with van der Waals surface area (Å²) in [6, 6.07) is 11.7. The number of nitro benzene ring substituents is 1. The zero-order chi connectivity index (χ0) is 20.8. The number of benzene rings is 2. The van der Waals surface area contributed by atoms with E-state index >= 15 is 0 Å². The predicted molar refractivity (Wildman–Crippen MR) is 108 cm³/mol. The molecular weight excluding hydrogens is 396 g/mol. The maximum atomic E-state index is 12.4. The number of nitro groups is 1. The largest absolute Gasteiger partial charge is 0.482 e. The molecule has 0 radical (unpaired) electrons. The molecule has 0 spiro atoms. The number of rotatable bonds is 8. The first-order valence-electron chi connectivity index (χ1n) is 8.85. The van der Waals surface area contributed by atoms with E-state index in [0.29, 0.717) is 23.7 Å². The molecule has 0 aliphatic rings. The Bertz CT molecular complexity index is 1030. The Balaban J connectivity index is 1.59. The van der Waals surface area contributed by atoms with Gasteiger partial charge in [0.1, 0.15) is 6.61 Å². The molecule has 0 saturated heterocycles. The topological polar surface area (TPSA) is 99.3 Å². The van der Waals surface area contributed by atoms with E-state index in [4.69, 9.17) is 16.3 Å². The van der Waals surface area contributed by atoms with Gasteiger partial charge < -0.3 is 10.1 Å². The Morgan fingerprint density at radius 2 is 2.14 bits per heavy atom. The molecule has 3 aromatic rings. The highest BCUT2D eigenvalue weighted by molar-refractivity contribution is 6.30. The Morgan fingerprint density at radius 1 is 1.31 bits per heavy atom. The van der Waals surface area contributed by atoms with Crippen molar-refractivity contribution in [2.45, 2.75) is 20.1 Å². The highest BCUT2D eigenvalue weighted by Crippen LogP contribution is 2.28. The summed E-state index contributed by atoms with van der Waals surface area (Å²) in [5.41, 5.74) is 1.90. The van der Waals surface area contributed by atoms with Crippen LogP contribution in [0, 0.1) is 17.0 Å². The van der Waals surface area contributed by atoms with E-state index in [0.717, 1.165) is 11.1 Å². The van der Waals surface area contributed by atoms with E-state index in [1.807, 2.05) is 0 Å². The van der Waals surface area contributed by atoms with Crippen LogP contribution in [-0.2, 0) is 13.2 Å². The second-order valence-electron chi connectivity index (χ2n) is 6.39. The molecule has 0 fully saturated rings. The van der Waals surface area contributed by atoms with Crippen LogP contribution in [0.2, 0.25) is 5.02 Å². The van der Waals surface area contributed by atoms with E-state index in [-0.39, 0.29) is 24.0 Å². The van der Waals surface area contributed by atoms with Gasteiger partial charge in [0.2, 0.25) is 0 Å². The summed E-state index contributed by atoms with van der Waals surface area (Å²) in [4.78, 5) is 23.1. The van der Waals surface area contributed by atoms with Crippen molar-refractivity contribution < 1.29 is 14.5 Å². The van der Waals surface area contributed by atoms with Gasteiger partial charge in [-0.2, -0.15) is 5.10 Å². The lowest BCUT2D eigenvalue weighted by Gasteiger charge is -2.09. The number of carbonyl (C=O) groups excluding carboxylic acids is 1. The lowest BCUT2D eigenvalue weighted by atomic mass is 10.1. The molecule has 0 unspecified atom stereocenters. The van der Waals surface area contributed by atoms with Gasteiger partial charge in [0, 0.05) is 24.4 Å². The third-order valence-electron chi connectivity index (χ3n) is 4.12. The van der Waals surface area contributed by atoms with Gasteiger partial charge in [-0.1, -0.05) is 29.8 Å². The second-order valence-corrected chi connectivity index (χ2v) is 6.83. The number of ether oxygens (including phenoxy) is 1. The first-order chi connectivity index (χ1) is 13.9. The lowest BCUT2D eigenvalue weighted by Crippen LogP contribution is -2.27. The first kappa shape index (κ1) is 20.3. The summed E-state index contributed by atoms with van der Waals surface area (Å²) in [5, 5.41) is 18.6. The monoisotopic (exact) mass is 414 g/mol. The third-order valence-corrected chi connectivity index (χ3v) is 4.32. The molecule has 8 nitrogen and oxygen atoms in total. The van der Waals surface area contributed by atoms with E-state index in [1.165, 1.54) is 12.3 Å². The number of carbonyl (C=O) groups is 1. The van der Waals surface area contributed by atoms with Crippen molar-refractivity contribution >= 4 is 23.2 Å². The Morgan fingerprint density at radius 3 is 2.86 bits per heavy atom. The van der Waals surface area contributed by atoms with E-state index in [2.05, 4.69) is 10.4 Å². The molecule has 2 aromatic carbocycles. The molecule has 1 amide bonds. The van der Waals surface area contributed by atoms with Gasteiger partial charge in [-0.15, -0.1) is 0 Å². The van der Waals surface area contributed by atoms with Crippen LogP contribution in [0.5, 0.6) is 5.75 Å². The van der Waals surface area contributed by atoms with Crippen molar-refractivity contribution in [3.8, 4) is 5.75 Å². The number of aromatic nitrogens is 2. The molecule has 3 rings (SSSR count). The van der Waals surface area contributed by atoms with Crippen molar-refractivity contribution in [3.63, 3.8) is 0 Å². The Hall–Kier alpha value is -3.39. The summed E-state index contributed by atoms with van der Waals surface area (Å²) in [6.07, 6.45) is 3.21. The molecule has 0 bridgehead atoms.